The van der Waals surface area contributed by atoms with Crippen LogP contribution in [0.3, 0.4) is 0 Å². The molecule has 1 aromatic carbocycles. The molecule has 128 valence electrons. The molecule has 5 heteroatoms. The Labute approximate surface area is 140 Å². The number of hydrogen-bond acceptors (Lipinski definition) is 5. The molecule has 0 spiro atoms. The van der Waals surface area contributed by atoms with Crippen molar-refractivity contribution in [2.75, 3.05) is 0 Å². The molecule has 0 aliphatic rings. The van der Waals surface area contributed by atoms with Crippen molar-refractivity contribution in [2.24, 2.45) is 0 Å². The molecule has 1 aromatic heterocycles. The number of phenolic OH excluding ortho intramolecular Hbond substituents is 2. The summed E-state index contributed by atoms with van der Waals surface area (Å²) in [6.07, 6.45) is 5.28. The predicted molar refractivity (Wildman–Crippen MR) is 93.7 cm³/mol. The highest BCUT2D eigenvalue weighted by atomic mass is 16.4. The first-order valence-corrected chi connectivity index (χ1v) is 7.70. The molecule has 24 heavy (non-hydrogen) atoms. The molecule has 0 amide bonds. The Morgan fingerprint density at radius 1 is 0.958 bits per heavy atom. The molecule has 0 unspecified atom stereocenters. The normalized spacial score (nSPS) is 10.7. The summed E-state index contributed by atoms with van der Waals surface area (Å²) in [5.74, 6) is -1.03. The van der Waals surface area contributed by atoms with Crippen LogP contribution in [0.15, 0.2) is 38.8 Å². The van der Waals surface area contributed by atoms with Crippen LogP contribution in [0.2, 0.25) is 0 Å². The fourth-order valence-corrected chi connectivity index (χ4v) is 2.44. The molecule has 0 saturated heterocycles. The monoisotopic (exact) mass is 330 g/mol. The molecule has 0 bridgehead atoms. The molecule has 2 aromatic rings. The van der Waals surface area contributed by atoms with Crippen LogP contribution in [-0.4, -0.2) is 15.3 Å². The van der Waals surface area contributed by atoms with Gasteiger partial charge in [0.25, 0.3) is 0 Å². The maximum Gasteiger partial charge on any atom is 0.238 e. The summed E-state index contributed by atoms with van der Waals surface area (Å²) < 4.78 is 5.31. The molecular formula is C19H22O5. The Morgan fingerprint density at radius 3 is 2.04 bits per heavy atom. The van der Waals surface area contributed by atoms with Gasteiger partial charge in [0, 0.05) is 11.1 Å². The van der Waals surface area contributed by atoms with Crippen LogP contribution >= 0.6 is 0 Å². The maximum absolute atomic E-state index is 12.3. The van der Waals surface area contributed by atoms with E-state index in [0.717, 1.165) is 17.4 Å². The first-order valence-electron chi connectivity index (χ1n) is 7.70. The van der Waals surface area contributed by atoms with Gasteiger partial charge in [-0.05, 0) is 40.5 Å². The number of fused-ring (bicyclic) bond motifs is 1. The largest absolute Gasteiger partial charge is 0.507 e. The number of allylic oxidation sites excluding steroid dienone is 4. The number of benzene rings is 1. The fraction of sp³-hybridized carbons (Fsp3) is 0.316. The lowest BCUT2D eigenvalue weighted by molar-refractivity contribution is 0.426. The minimum absolute atomic E-state index is 0.0891. The maximum atomic E-state index is 12.3. The molecule has 0 radical (unpaired) electrons. The number of rotatable bonds is 4. The van der Waals surface area contributed by atoms with Gasteiger partial charge in [0.15, 0.2) is 5.75 Å². The second kappa shape index (κ2) is 6.83. The fourth-order valence-electron chi connectivity index (χ4n) is 2.44. The minimum Gasteiger partial charge on any atom is -0.507 e. The van der Waals surface area contributed by atoms with Gasteiger partial charge in [-0.2, -0.15) is 0 Å². The summed E-state index contributed by atoms with van der Waals surface area (Å²) in [5, 5.41) is 30.6. The van der Waals surface area contributed by atoms with Crippen molar-refractivity contribution in [3.63, 3.8) is 0 Å². The lowest BCUT2D eigenvalue weighted by Gasteiger charge is -2.13. The lowest BCUT2D eigenvalue weighted by atomic mass is 9.97. The topological polar surface area (TPSA) is 90.9 Å². The lowest BCUT2D eigenvalue weighted by Crippen LogP contribution is -2.05. The standard InChI is InChI=1S/C19H22O5/c1-10(2)5-7-12-16(21)13(8-6-11(3)4)19-15(17(12)22)18(23)14(20)9-24-19/h5-6,9,20-22H,7-8H2,1-4H3. The van der Waals surface area contributed by atoms with Crippen LogP contribution in [0, 0.1) is 0 Å². The summed E-state index contributed by atoms with van der Waals surface area (Å²) in [4.78, 5) is 12.3. The van der Waals surface area contributed by atoms with Crippen molar-refractivity contribution >= 4 is 11.0 Å². The first-order chi connectivity index (χ1) is 11.2. The minimum atomic E-state index is -0.717. The third-order valence-corrected chi connectivity index (χ3v) is 3.77. The van der Waals surface area contributed by atoms with E-state index >= 15 is 0 Å². The second-order valence-corrected chi connectivity index (χ2v) is 6.28. The van der Waals surface area contributed by atoms with E-state index in [9.17, 15) is 20.1 Å². The first kappa shape index (κ1) is 17.7. The van der Waals surface area contributed by atoms with Crippen molar-refractivity contribution in [1.29, 1.82) is 0 Å². The average Bonchev–Trinajstić information content (AvgIpc) is 2.49. The molecule has 1 heterocycles. The van der Waals surface area contributed by atoms with E-state index in [2.05, 4.69) is 0 Å². The van der Waals surface area contributed by atoms with Crippen molar-refractivity contribution in [3.8, 4) is 17.2 Å². The van der Waals surface area contributed by atoms with Gasteiger partial charge in [-0.25, -0.2) is 0 Å². The van der Waals surface area contributed by atoms with Crippen molar-refractivity contribution < 1.29 is 19.7 Å². The Kier molecular flexibility index (Phi) is 5.02. The highest BCUT2D eigenvalue weighted by molar-refractivity contribution is 5.91. The zero-order valence-corrected chi connectivity index (χ0v) is 14.3. The average molecular weight is 330 g/mol. The Bertz CT molecular complexity index is 892. The van der Waals surface area contributed by atoms with Gasteiger partial charge < -0.3 is 19.7 Å². The molecule has 3 N–H and O–H groups in total. The Balaban J connectivity index is 2.87. The summed E-state index contributed by atoms with van der Waals surface area (Å²) in [5.41, 5.74) is 2.10. The van der Waals surface area contributed by atoms with E-state index in [1.165, 1.54) is 0 Å². The quantitative estimate of drug-likeness (QED) is 0.739. The molecule has 0 aliphatic carbocycles. The van der Waals surface area contributed by atoms with Gasteiger partial charge in [-0.1, -0.05) is 23.3 Å². The third-order valence-electron chi connectivity index (χ3n) is 3.77. The SMILES string of the molecule is CC(C)=CCc1c(O)c(CC=C(C)C)c2occ(O)c(=O)c2c1O. The van der Waals surface area contributed by atoms with Gasteiger partial charge in [-0.3, -0.25) is 4.79 Å². The number of hydrogen-bond donors (Lipinski definition) is 3. The Morgan fingerprint density at radius 2 is 1.50 bits per heavy atom. The van der Waals surface area contributed by atoms with Crippen LogP contribution < -0.4 is 5.43 Å². The van der Waals surface area contributed by atoms with Gasteiger partial charge in [0.05, 0.1) is 0 Å². The Hall–Kier alpha value is -2.69. The van der Waals surface area contributed by atoms with Crippen LogP contribution in [0.4, 0.5) is 0 Å². The van der Waals surface area contributed by atoms with Crippen molar-refractivity contribution in [2.45, 2.75) is 40.5 Å². The highest BCUT2D eigenvalue weighted by Crippen LogP contribution is 2.40. The van der Waals surface area contributed by atoms with E-state index in [-0.39, 0.29) is 34.5 Å². The molecule has 0 fully saturated rings. The molecule has 5 nitrogen and oxygen atoms in total. The van der Waals surface area contributed by atoms with Crippen molar-refractivity contribution in [1.82, 2.24) is 0 Å². The molecular weight excluding hydrogens is 308 g/mol. The van der Waals surface area contributed by atoms with Crippen LogP contribution in [-0.2, 0) is 12.8 Å². The predicted octanol–water partition coefficient (Wildman–Crippen LogP) is 3.93. The third kappa shape index (κ3) is 3.30. The smallest absolute Gasteiger partial charge is 0.238 e. The van der Waals surface area contributed by atoms with Gasteiger partial charge >= 0.3 is 0 Å². The summed E-state index contributed by atoms with van der Waals surface area (Å²) in [6.45, 7) is 7.65. The zero-order valence-electron chi connectivity index (χ0n) is 14.3. The molecule has 0 atom stereocenters. The summed E-state index contributed by atoms with van der Waals surface area (Å²) in [6, 6.07) is 0. The number of aromatic hydroxyl groups is 3. The molecule has 0 saturated carbocycles. The van der Waals surface area contributed by atoms with E-state index in [0.29, 0.717) is 12.0 Å². The summed E-state index contributed by atoms with van der Waals surface area (Å²) >= 11 is 0. The number of phenols is 2. The van der Waals surface area contributed by atoms with Gasteiger partial charge in [0.1, 0.15) is 28.7 Å². The zero-order chi connectivity index (χ0) is 18.0. The van der Waals surface area contributed by atoms with Gasteiger partial charge in [-0.15, -0.1) is 0 Å². The van der Waals surface area contributed by atoms with Gasteiger partial charge in [0.2, 0.25) is 5.43 Å². The highest BCUT2D eigenvalue weighted by Gasteiger charge is 2.22. The second-order valence-electron chi connectivity index (χ2n) is 6.28. The van der Waals surface area contributed by atoms with Crippen molar-refractivity contribution in [3.05, 3.63) is 50.9 Å². The van der Waals surface area contributed by atoms with E-state index in [1.54, 1.807) is 0 Å². The van der Waals surface area contributed by atoms with E-state index in [4.69, 9.17) is 4.42 Å². The summed E-state index contributed by atoms with van der Waals surface area (Å²) in [7, 11) is 0. The van der Waals surface area contributed by atoms with Crippen LogP contribution in [0.1, 0.15) is 38.8 Å². The van der Waals surface area contributed by atoms with Crippen LogP contribution in [0.5, 0.6) is 17.2 Å². The molecule has 2 rings (SSSR count). The van der Waals surface area contributed by atoms with E-state index in [1.807, 2.05) is 39.8 Å². The molecule has 0 aliphatic heterocycles. The van der Waals surface area contributed by atoms with E-state index < -0.39 is 11.2 Å². The van der Waals surface area contributed by atoms with Crippen LogP contribution in [0.25, 0.3) is 11.0 Å².